The van der Waals surface area contributed by atoms with Crippen molar-refractivity contribution in [1.82, 2.24) is 9.88 Å². The van der Waals surface area contributed by atoms with Crippen molar-refractivity contribution in [1.29, 1.82) is 0 Å². The second kappa shape index (κ2) is 7.15. The lowest BCUT2D eigenvalue weighted by atomic mass is 10.1. The molecule has 0 radical (unpaired) electrons. The fraction of sp³-hybridized carbons (Fsp3) is 0.444. The first-order valence-electron chi connectivity index (χ1n) is 8.49. The molecule has 0 aliphatic carbocycles. The van der Waals surface area contributed by atoms with E-state index in [1.165, 1.54) is 10.8 Å². The highest BCUT2D eigenvalue weighted by molar-refractivity contribution is 5.94. The summed E-state index contributed by atoms with van der Waals surface area (Å²) in [5.74, 6) is 1.76. The minimum Gasteiger partial charge on any atom is -0.378 e. The third-order valence-electron chi connectivity index (χ3n) is 4.42. The Morgan fingerprint density at radius 1 is 0.958 bits per heavy atom. The van der Waals surface area contributed by atoms with Gasteiger partial charge in [-0.25, -0.2) is 9.98 Å². The van der Waals surface area contributed by atoms with Gasteiger partial charge in [0.1, 0.15) is 5.82 Å². The van der Waals surface area contributed by atoms with Crippen LogP contribution in [0, 0.1) is 0 Å². The second-order valence-corrected chi connectivity index (χ2v) is 6.02. The molecule has 2 aromatic rings. The normalized spacial score (nSPS) is 19.3. The summed E-state index contributed by atoms with van der Waals surface area (Å²) in [7, 11) is 0. The number of nitrogens with zero attached hydrogens (tertiary/aromatic N) is 4. The Labute approximate surface area is 141 Å². The van der Waals surface area contributed by atoms with Crippen molar-refractivity contribution >= 4 is 28.7 Å². The van der Waals surface area contributed by atoms with Crippen LogP contribution in [0.2, 0.25) is 0 Å². The number of aromatic nitrogens is 1. The molecule has 2 aliphatic heterocycles. The molecule has 0 bridgehead atoms. The molecular weight excluding hydrogens is 304 g/mol. The summed E-state index contributed by atoms with van der Waals surface area (Å²) in [6.07, 6.45) is 1.89. The Morgan fingerprint density at radius 2 is 1.67 bits per heavy atom. The summed E-state index contributed by atoms with van der Waals surface area (Å²) in [6, 6.07) is 10.4. The Bertz CT molecular complexity index is 722. The topological polar surface area (TPSA) is 50.2 Å². The van der Waals surface area contributed by atoms with E-state index in [2.05, 4.69) is 45.1 Å². The fourth-order valence-corrected chi connectivity index (χ4v) is 3.08. The van der Waals surface area contributed by atoms with Crippen LogP contribution < -0.4 is 4.90 Å². The van der Waals surface area contributed by atoms with Crippen LogP contribution in [0.4, 0.5) is 11.6 Å². The van der Waals surface area contributed by atoms with Gasteiger partial charge in [0.05, 0.1) is 32.8 Å². The van der Waals surface area contributed by atoms with Gasteiger partial charge in [-0.2, -0.15) is 0 Å². The van der Waals surface area contributed by atoms with E-state index in [1.54, 1.807) is 0 Å². The smallest absolute Gasteiger partial charge is 0.156 e. The van der Waals surface area contributed by atoms with Crippen LogP contribution in [0.15, 0.2) is 35.3 Å². The number of fused-ring (bicyclic) bond motifs is 1. The molecule has 0 spiro atoms. The van der Waals surface area contributed by atoms with E-state index in [4.69, 9.17) is 14.5 Å². The highest BCUT2D eigenvalue weighted by Gasteiger charge is 2.16. The van der Waals surface area contributed by atoms with Crippen LogP contribution in [0.3, 0.4) is 0 Å². The lowest BCUT2D eigenvalue weighted by Gasteiger charge is -2.29. The number of morpholine rings is 2. The molecule has 6 heteroatoms. The van der Waals surface area contributed by atoms with E-state index >= 15 is 0 Å². The third kappa shape index (κ3) is 3.34. The van der Waals surface area contributed by atoms with Crippen LogP contribution in [-0.4, -0.2) is 68.8 Å². The van der Waals surface area contributed by atoms with E-state index in [9.17, 15) is 0 Å². The molecule has 0 saturated carbocycles. The summed E-state index contributed by atoms with van der Waals surface area (Å²) in [5, 5.41) is 2.34. The van der Waals surface area contributed by atoms with Crippen LogP contribution in [0.1, 0.15) is 0 Å². The van der Waals surface area contributed by atoms with Crippen molar-refractivity contribution in [2.24, 2.45) is 4.99 Å². The van der Waals surface area contributed by atoms with Gasteiger partial charge in [0.2, 0.25) is 0 Å². The zero-order chi connectivity index (χ0) is 16.2. The van der Waals surface area contributed by atoms with Crippen LogP contribution >= 0.6 is 0 Å². The lowest BCUT2D eigenvalue weighted by Crippen LogP contribution is -2.36. The third-order valence-corrected chi connectivity index (χ3v) is 4.42. The van der Waals surface area contributed by atoms with Gasteiger partial charge in [0.15, 0.2) is 5.82 Å². The van der Waals surface area contributed by atoms with Crippen LogP contribution in [0.5, 0.6) is 0 Å². The maximum atomic E-state index is 5.47. The summed E-state index contributed by atoms with van der Waals surface area (Å²) < 4.78 is 10.8. The molecule has 0 amide bonds. The number of hydrogen-bond donors (Lipinski definition) is 0. The Morgan fingerprint density at radius 3 is 2.46 bits per heavy atom. The quantitative estimate of drug-likeness (QED) is 0.638. The minimum atomic E-state index is 0.747. The number of rotatable bonds is 3. The molecule has 0 atom stereocenters. The molecule has 1 aromatic carbocycles. The van der Waals surface area contributed by atoms with E-state index in [0.717, 1.165) is 64.2 Å². The van der Waals surface area contributed by atoms with Crippen LogP contribution in [0.25, 0.3) is 10.8 Å². The van der Waals surface area contributed by atoms with Crippen molar-refractivity contribution < 1.29 is 9.47 Å². The monoisotopic (exact) mass is 326 g/mol. The van der Waals surface area contributed by atoms with Gasteiger partial charge in [0.25, 0.3) is 0 Å². The average Bonchev–Trinajstić information content (AvgIpc) is 2.67. The molecule has 4 rings (SSSR count). The van der Waals surface area contributed by atoms with Gasteiger partial charge < -0.3 is 19.3 Å². The highest BCUT2D eigenvalue weighted by atomic mass is 16.5. The van der Waals surface area contributed by atoms with Crippen molar-refractivity contribution in [2.45, 2.75) is 0 Å². The molecule has 0 unspecified atom stereocenters. The van der Waals surface area contributed by atoms with Gasteiger partial charge in [0, 0.05) is 31.6 Å². The number of benzene rings is 1. The fourth-order valence-electron chi connectivity index (χ4n) is 3.08. The van der Waals surface area contributed by atoms with Crippen molar-refractivity contribution in [3.8, 4) is 0 Å². The molecule has 6 nitrogen and oxygen atoms in total. The van der Waals surface area contributed by atoms with E-state index in [0.29, 0.717) is 0 Å². The number of pyridine rings is 1. The zero-order valence-corrected chi connectivity index (χ0v) is 13.7. The van der Waals surface area contributed by atoms with Crippen molar-refractivity contribution in [3.63, 3.8) is 0 Å². The molecular formula is C18H22N4O2. The van der Waals surface area contributed by atoms with Gasteiger partial charge in [-0.05, 0) is 11.5 Å². The Balaban J connectivity index is 1.66. The van der Waals surface area contributed by atoms with E-state index < -0.39 is 0 Å². The summed E-state index contributed by atoms with van der Waals surface area (Å²) in [5.41, 5.74) is 0. The summed E-state index contributed by atoms with van der Waals surface area (Å²) >= 11 is 0. The van der Waals surface area contributed by atoms with Crippen LogP contribution in [-0.2, 0) is 9.47 Å². The molecule has 24 heavy (non-hydrogen) atoms. The second-order valence-electron chi connectivity index (χ2n) is 6.02. The predicted octanol–water partition coefficient (Wildman–Crippen LogP) is 2.06. The maximum Gasteiger partial charge on any atom is 0.156 e. The number of ether oxygens (including phenoxy) is 2. The molecule has 3 heterocycles. The molecule has 0 N–H and O–H groups in total. The largest absolute Gasteiger partial charge is 0.378 e. The highest BCUT2D eigenvalue weighted by Crippen LogP contribution is 2.29. The Hall–Kier alpha value is -2.18. The molecule has 1 aromatic heterocycles. The van der Waals surface area contributed by atoms with Gasteiger partial charge >= 0.3 is 0 Å². The van der Waals surface area contributed by atoms with Crippen molar-refractivity contribution in [3.05, 3.63) is 30.3 Å². The molecule has 126 valence electrons. The average molecular weight is 326 g/mol. The first-order valence-corrected chi connectivity index (χ1v) is 8.49. The van der Waals surface area contributed by atoms with Crippen molar-refractivity contribution in [2.75, 3.05) is 57.5 Å². The van der Waals surface area contributed by atoms with Gasteiger partial charge in [-0.15, -0.1) is 0 Å². The maximum absolute atomic E-state index is 5.47. The van der Waals surface area contributed by atoms with Gasteiger partial charge in [-0.1, -0.05) is 24.3 Å². The summed E-state index contributed by atoms with van der Waals surface area (Å²) in [4.78, 5) is 13.9. The first kappa shape index (κ1) is 15.4. The molecule has 2 fully saturated rings. The SMILES string of the molecule is C(=N\c1cc2ccccc2c(N2CCOCC2)n1)/N1CCOCC1. The zero-order valence-electron chi connectivity index (χ0n) is 13.7. The molecule has 2 aliphatic rings. The number of hydrogen-bond acceptors (Lipinski definition) is 5. The van der Waals surface area contributed by atoms with E-state index in [1.807, 2.05) is 6.34 Å². The standard InChI is InChI=1S/C18H22N4O2/c1-2-4-16-15(3-1)13-17(19-14-21-5-9-23-10-6-21)20-18(16)22-7-11-24-12-8-22/h1-4,13-14H,5-12H2/b19-14+. The Kier molecular flexibility index (Phi) is 4.57. The number of aliphatic imine (C=N–C) groups is 1. The van der Waals surface area contributed by atoms with E-state index in [-0.39, 0.29) is 0 Å². The van der Waals surface area contributed by atoms with Gasteiger partial charge in [-0.3, -0.25) is 0 Å². The predicted molar refractivity (Wildman–Crippen MR) is 95.3 cm³/mol. The summed E-state index contributed by atoms with van der Waals surface area (Å²) in [6.45, 7) is 6.52. The minimum absolute atomic E-state index is 0.747. The lowest BCUT2D eigenvalue weighted by molar-refractivity contribution is 0.0701. The number of anilines is 1. The first-order chi connectivity index (χ1) is 11.9. The molecule has 2 saturated heterocycles.